The van der Waals surface area contributed by atoms with E-state index in [1.54, 1.807) is 0 Å². The van der Waals surface area contributed by atoms with Gasteiger partial charge in [-0.2, -0.15) is 0 Å². The van der Waals surface area contributed by atoms with Crippen LogP contribution in [0.25, 0.3) is 0 Å². The number of aromatic nitrogens is 1. The molecule has 0 bridgehead atoms. The Balaban J connectivity index is 1.79. The van der Waals surface area contributed by atoms with Gasteiger partial charge in [0.2, 0.25) is 5.88 Å². The number of anilines is 1. The minimum Gasteiger partial charge on any atom is -0.478 e. The summed E-state index contributed by atoms with van der Waals surface area (Å²) < 4.78 is 5.58. The fourth-order valence-corrected chi connectivity index (χ4v) is 1.74. The first-order valence-corrected chi connectivity index (χ1v) is 5.61. The lowest BCUT2D eigenvalue weighted by atomic mass is 9.83. The van der Waals surface area contributed by atoms with Gasteiger partial charge < -0.3 is 10.5 Å². The summed E-state index contributed by atoms with van der Waals surface area (Å²) in [6.45, 7) is 2.68. The van der Waals surface area contributed by atoms with Crippen molar-refractivity contribution in [3.8, 4) is 5.88 Å². The van der Waals surface area contributed by atoms with Crippen LogP contribution in [0.5, 0.6) is 5.88 Å². The third-order valence-corrected chi connectivity index (χ3v) is 3.10. The molecular formula is C12H18N2O. The Morgan fingerprint density at radius 3 is 2.87 bits per heavy atom. The molecule has 1 saturated carbocycles. The molecule has 0 aliphatic heterocycles. The zero-order valence-electron chi connectivity index (χ0n) is 9.20. The molecule has 1 heterocycles. The van der Waals surface area contributed by atoms with E-state index in [4.69, 9.17) is 10.5 Å². The van der Waals surface area contributed by atoms with E-state index in [-0.39, 0.29) is 0 Å². The number of nitrogens with two attached hydrogens (primary N) is 1. The maximum Gasteiger partial charge on any atom is 0.213 e. The van der Waals surface area contributed by atoms with Crippen LogP contribution in [0.1, 0.15) is 31.4 Å². The highest BCUT2D eigenvalue weighted by Gasteiger charge is 2.16. The first-order chi connectivity index (χ1) is 7.25. The number of hydrogen-bond acceptors (Lipinski definition) is 3. The molecule has 1 aromatic heterocycles. The molecule has 2 rings (SSSR count). The van der Waals surface area contributed by atoms with Gasteiger partial charge in [0.1, 0.15) is 0 Å². The number of ether oxygens (including phenoxy) is 1. The highest BCUT2D eigenvalue weighted by atomic mass is 16.5. The van der Waals surface area contributed by atoms with Crippen molar-refractivity contribution in [3.05, 3.63) is 17.8 Å². The highest BCUT2D eigenvalue weighted by Crippen LogP contribution is 2.29. The zero-order valence-corrected chi connectivity index (χ0v) is 9.20. The van der Waals surface area contributed by atoms with Crippen molar-refractivity contribution >= 4 is 5.69 Å². The Labute approximate surface area is 90.7 Å². The average molecular weight is 206 g/mol. The molecule has 0 unspecified atom stereocenters. The van der Waals surface area contributed by atoms with Crippen LogP contribution in [0.4, 0.5) is 5.69 Å². The molecule has 15 heavy (non-hydrogen) atoms. The Hall–Kier alpha value is -1.25. The maximum atomic E-state index is 5.68. The van der Waals surface area contributed by atoms with Crippen molar-refractivity contribution in [2.45, 2.75) is 32.6 Å². The summed E-state index contributed by atoms with van der Waals surface area (Å²) in [4.78, 5) is 4.27. The van der Waals surface area contributed by atoms with Crippen LogP contribution in [-0.4, -0.2) is 11.6 Å². The lowest BCUT2D eigenvalue weighted by Crippen LogP contribution is -2.14. The van der Waals surface area contributed by atoms with Gasteiger partial charge in [0.05, 0.1) is 18.0 Å². The van der Waals surface area contributed by atoms with Crippen LogP contribution in [-0.2, 0) is 0 Å². The van der Waals surface area contributed by atoms with Crippen LogP contribution in [0.2, 0.25) is 0 Å². The lowest BCUT2D eigenvalue weighted by molar-refractivity contribution is 0.217. The normalized spacial score (nSPS) is 16.1. The van der Waals surface area contributed by atoms with E-state index < -0.39 is 0 Å². The van der Waals surface area contributed by atoms with Crippen LogP contribution < -0.4 is 10.5 Å². The average Bonchev–Trinajstić information content (AvgIpc) is 2.15. The van der Waals surface area contributed by atoms with E-state index in [0.29, 0.717) is 5.88 Å². The van der Waals surface area contributed by atoms with Crippen molar-refractivity contribution in [2.75, 3.05) is 12.3 Å². The van der Waals surface area contributed by atoms with Crippen LogP contribution in [0.3, 0.4) is 0 Å². The van der Waals surface area contributed by atoms with Gasteiger partial charge in [-0.3, -0.25) is 0 Å². The van der Waals surface area contributed by atoms with E-state index in [9.17, 15) is 0 Å². The number of nitrogen functional groups attached to an aromatic ring is 1. The topological polar surface area (TPSA) is 48.1 Å². The molecule has 3 heteroatoms. The zero-order chi connectivity index (χ0) is 10.7. The summed E-state index contributed by atoms with van der Waals surface area (Å²) in [6, 6.07) is 3.68. The number of hydrogen-bond donors (Lipinski definition) is 1. The Morgan fingerprint density at radius 2 is 2.27 bits per heavy atom. The molecule has 1 fully saturated rings. The predicted octanol–water partition coefficient (Wildman–Crippen LogP) is 2.54. The second-order valence-electron chi connectivity index (χ2n) is 4.26. The first kappa shape index (κ1) is 10.3. The quantitative estimate of drug-likeness (QED) is 0.823. The highest BCUT2D eigenvalue weighted by molar-refractivity contribution is 5.43. The molecule has 3 nitrogen and oxygen atoms in total. The molecule has 0 saturated heterocycles. The summed E-state index contributed by atoms with van der Waals surface area (Å²) in [5.74, 6) is 1.58. The standard InChI is InChI=1S/C12H18N2O/c1-9-11(13)5-6-12(14-9)15-8-7-10-3-2-4-10/h5-6,10H,2-4,7-8,13H2,1H3. The largest absolute Gasteiger partial charge is 0.478 e. The van der Waals surface area contributed by atoms with Crippen LogP contribution >= 0.6 is 0 Å². The molecular weight excluding hydrogens is 188 g/mol. The third-order valence-electron chi connectivity index (χ3n) is 3.10. The molecule has 82 valence electrons. The van der Waals surface area contributed by atoms with Gasteiger partial charge in [0.15, 0.2) is 0 Å². The van der Waals surface area contributed by atoms with Gasteiger partial charge in [0, 0.05) is 6.07 Å². The predicted molar refractivity (Wildman–Crippen MR) is 60.8 cm³/mol. The van der Waals surface area contributed by atoms with Gasteiger partial charge in [-0.15, -0.1) is 0 Å². The van der Waals surface area contributed by atoms with Crippen molar-refractivity contribution in [1.82, 2.24) is 4.98 Å². The minimum absolute atomic E-state index is 0.695. The van der Waals surface area contributed by atoms with Crippen molar-refractivity contribution in [2.24, 2.45) is 5.92 Å². The van der Waals surface area contributed by atoms with Gasteiger partial charge in [-0.25, -0.2) is 4.98 Å². The Bertz CT molecular complexity index is 334. The van der Waals surface area contributed by atoms with Gasteiger partial charge >= 0.3 is 0 Å². The summed E-state index contributed by atoms with van der Waals surface area (Å²) in [5, 5.41) is 0. The number of rotatable bonds is 4. The molecule has 0 atom stereocenters. The lowest BCUT2D eigenvalue weighted by Gasteiger charge is -2.24. The van der Waals surface area contributed by atoms with E-state index in [1.807, 2.05) is 19.1 Å². The van der Waals surface area contributed by atoms with E-state index >= 15 is 0 Å². The smallest absolute Gasteiger partial charge is 0.213 e. The molecule has 1 aliphatic carbocycles. The third kappa shape index (κ3) is 2.61. The van der Waals surface area contributed by atoms with E-state index in [0.717, 1.165) is 30.3 Å². The van der Waals surface area contributed by atoms with E-state index in [1.165, 1.54) is 19.3 Å². The minimum atomic E-state index is 0.695. The maximum absolute atomic E-state index is 5.68. The van der Waals surface area contributed by atoms with Crippen molar-refractivity contribution in [3.63, 3.8) is 0 Å². The molecule has 0 radical (unpaired) electrons. The second-order valence-corrected chi connectivity index (χ2v) is 4.26. The molecule has 1 aromatic rings. The number of aryl methyl sites for hydroxylation is 1. The van der Waals surface area contributed by atoms with E-state index in [2.05, 4.69) is 4.98 Å². The Morgan fingerprint density at radius 1 is 1.47 bits per heavy atom. The Kier molecular flexibility index (Phi) is 3.09. The molecule has 1 aliphatic rings. The first-order valence-electron chi connectivity index (χ1n) is 5.61. The van der Waals surface area contributed by atoms with Gasteiger partial charge in [-0.1, -0.05) is 19.3 Å². The molecule has 0 amide bonds. The summed E-state index contributed by atoms with van der Waals surface area (Å²) in [6.07, 6.45) is 5.30. The fraction of sp³-hybridized carbons (Fsp3) is 0.583. The number of pyridine rings is 1. The summed E-state index contributed by atoms with van der Waals surface area (Å²) in [7, 11) is 0. The second kappa shape index (κ2) is 4.51. The number of nitrogens with zero attached hydrogens (tertiary/aromatic N) is 1. The summed E-state index contributed by atoms with van der Waals surface area (Å²) >= 11 is 0. The van der Waals surface area contributed by atoms with Gasteiger partial charge in [-0.05, 0) is 25.3 Å². The van der Waals surface area contributed by atoms with Crippen molar-refractivity contribution in [1.29, 1.82) is 0 Å². The monoisotopic (exact) mass is 206 g/mol. The van der Waals surface area contributed by atoms with Crippen molar-refractivity contribution < 1.29 is 4.74 Å². The van der Waals surface area contributed by atoms with Crippen LogP contribution in [0, 0.1) is 12.8 Å². The molecule has 0 aromatic carbocycles. The molecule has 0 spiro atoms. The summed E-state index contributed by atoms with van der Waals surface area (Å²) in [5.41, 5.74) is 7.25. The SMILES string of the molecule is Cc1nc(OCCC2CCC2)ccc1N. The molecule has 2 N–H and O–H groups in total. The fourth-order valence-electron chi connectivity index (χ4n) is 1.74. The van der Waals surface area contributed by atoms with Gasteiger partial charge in [0.25, 0.3) is 0 Å². The van der Waals surface area contributed by atoms with Crippen LogP contribution in [0.15, 0.2) is 12.1 Å².